The summed E-state index contributed by atoms with van der Waals surface area (Å²) in [5.41, 5.74) is 2.40. The van der Waals surface area contributed by atoms with E-state index in [1.165, 1.54) is 5.56 Å². The first kappa shape index (κ1) is 9.11. The second kappa shape index (κ2) is 4.01. The quantitative estimate of drug-likeness (QED) is 0.575. The molecule has 10 heavy (non-hydrogen) atoms. The highest BCUT2D eigenvalue weighted by atomic mass is 16.0. The molecule has 1 heterocycles. The van der Waals surface area contributed by atoms with Gasteiger partial charge in [-0.3, -0.25) is 4.98 Å². The van der Waals surface area contributed by atoms with Gasteiger partial charge in [-0.1, -0.05) is 13.0 Å². The maximum Gasteiger partial charge on any atom is 0.0372 e. The molecular formula is C8H13NO. The van der Waals surface area contributed by atoms with Gasteiger partial charge in [-0.05, 0) is 25.0 Å². The molecule has 2 heteroatoms. The highest BCUT2D eigenvalue weighted by Gasteiger charge is 1.86. The number of aromatic nitrogens is 1. The SMILES string of the molecule is CCc1ccc(C)nc1.O. The number of hydrogen-bond donors (Lipinski definition) is 0. The lowest BCUT2D eigenvalue weighted by Crippen LogP contribution is -1.83. The maximum atomic E-state index is 4.15. The fourth-order valence-electron chi connectivity index (χ4n) is 0.708. The van der Waals surface area contributed by atoms with E-state index in [-0.39, 0.29) is 5.48 Å². The van der Waals surface area contributed by atoms with Crippen LogP contribution in [0, 0.1) is 6.92 Å². The molecule has 2 N–H and O–H groups in total. The molecule has 56 valence electrons. The smallest absolute Gasteiger partial charge is 0.0372 e. The Labute approximate surface area is 61.2 Å². The Morgan fingerprint density at radius 3 is 2.50 bits per heavy atom. The lowest BCUT2D eigenvalue weighted by Gasteiger charge is -1.93. The summed E-state index contributed by atoms with van der Waals surface area (Å²) in [6.45, 7) is 4.13. The van der Waals surface area contributed by atoms with Crippen molar-refractivity contribution in [2.75, 3.05) is 0 Å². The van der Waals surface area contributed by atoms with Crippen molar-refractivity contribution in [3.8, 4) is 0 Å². The van der Waals surface area contributed by atoms with Gasteiger partial charge in [0.1, 0.15) is 0 Å². The van der Waals surface area contributed by atoms with Crippen molar-refractivity contribution in [3.63, 3.8) is 0 Å². The second-order valence-corrected chi connectivity index (χ2v) is 2.16. The highest BCUT2D eigenvalue weighted by molar-refractivity contribution is 5.12. The van der Waals surface area contributed by atoms with Gasteiger partial charge in [-0.15, -0.1) is 0 Å². The third-order valence-electron chi connectivity index (χ3n) is 1.38. The zero-order chi connectivity index (χ0) is 6.69. The topological polar surface area (TPSA) is 44.4 Å². The summed E-state index contributed by atoms with van der Waals surface area (Å²) in [7, 11) is 0. The van der Waals surface area contributed by atoms with Gasteiger partial charge in [-0.2, -0.15) is 0 Å². The molecule has 0 saturated carbocycles. The van der Waals surface area contributed by atoms with Crippen LogP contribution in [0.4, 0.5) is 0 Å². The molecule has 0 bridgehead atoms. The summed E-state index contributed by atoms with van der Waals surface area (Å²) in [5.74, 6) is 0. The van der Waals surface area contributed by atoms with Crippen LogP contribution < -0.4 is 0 Å². The summed E-state index contributed by atoms with van der Waals surface area (Å²) in [6.07, 6.45) is 3.00. The molecule has 0 amide bonds. The predicted octanol–water partition coefficient (Wildman–Crippen LogP) is 1.13. The molecule has 1 aromatic rings. The number of hydrogen-bond acceptors (Lipinski definition) is 1. The minimum absolute atomic E-state index is 0. The van der Waals surface area contributed by atoms with E-state index in [1.54, 1.807) is 0 Å². The Kier molecular flexibility index (Phi) is 3.65. The normalized spacial score (nSPS) is 8.60. The lowest BCUT2D eigenvalue weighted by molar-refractivity contribution is 0.824. The number of pyridine rings is 1. The van der Waals surface area contributed by atoms with Crippen molar-refractivity contribution in [2.24, 2.45) is 0 Å². The molecule has 0 atom stereocenters. The number of rotatable bonds is 1. The summed E-state index contributed by atoms with van der Waals surface area (Å²) < 4.78 is 0. The van der Waals surface area contributed by atoms with Crippen molar-refractivity contribution in [3.05, 3.63) is 29.6 Å². The van der Waals surface area contributed by atoms with E-state index in [9.17, 15) is 0 Å². The fraction of sp³-hybridized carbons (Fsp3) is 0.375. The average Bonchev–Trinajstić information content (AvgIpc) is 1.90. The first-order valence-electron chi connectivity index (χ1n) is 3.24. The Morgan fingerprint density at radius 2 is 2.10 bits per heavy atom. The van der Waals surface area contributed by atoms with Crippen molar-refractivity contribution in [1.82, 2.24) is 4.98 Å². The molecule has 0 aliphatic heterocycles. The van der Waals surface area contributed by atoms with Crippen LogP contribution in [0.1, 0.15) is 18.2 Å². The summed E-state index contributed by atoms with van der Waals surface area (Å²) in [5, 5.41) is 0. The molecule has 2 nitrogen and oxygen atoms in total. The zero-order valence-corrected chi connectivity index (χ0v) is 6.39. The largest absolute Gasteiger partial charge is 0.412 e. The van der Waals surface area contributed by atoms with Gasteiger partial charge in [-0.25, -0.2) is 0 Å². The van der Waals surface area contributed by atoms with E-state index < -0.39 is 0 Å². The molecule has 0 spiro atoms. The van der Waals surface area contributed by atoms with Gasteiger partial charge < -0.3 is 5.48 Å². The van der Waals surface area contributed by atoms with Crippen LogP contribution in [0.25, 0.3) is 0 Å². The van der Waals surface area contributed by atoms with Gasteiger partial charge in [0.2, 0.25) is 0 Å². The first-order valence-corrected chi connectivity index (χ1v) is 3.24. The third-order valence-corrected chi connectivity index (χ3v) is 1.38. The Hall–Kier alpha value is -0.890. The van der Waals surface area contributed by atoms with Crippen LogP contribution in [-0.2, 0) is 6.42 Å². The van der Waals surface area contributed by atoms with Crippen molar-refractivity contribution in [1.29, 1.82) is 0 Å². The highest BCUT2D eigenvalue weighted by Crippen LogP contribution is 1.98. The monoisotopic (exact) mass is 139 g/mol. The molecule has 0 radical (unpaired) electrons. The summed E-state index contributed by atoms with van der Waals surface area (Å²) in [4.78, 5) is 4.15. The van der Waals surface area contributed by atoms with Gasteiger partial charge >= 0.3 is 0 Å². The van der Waals surface area contributed by atoms with Crippen LogP contribution in [0.3, 0.4) is 0 Å². The van der Waals surface area contributed by atoms with Gasteiger partial charge in [0.15, 0.2) is 0 Å². The van der Waals surface area contributed by atoms with E-state index in [0.717, 1.165) is 12.1 Å². The lowest BCUT2D eigenvalue weighted by atomic mass is 10.2. The Balaban J connectivity index is 0.000000810. The first-order chi connectivity index (χ1) is 4.33. The predicted molar refractivity (Wildman–Crippen MR) is 42.0 cm³/mol. The molecule has 1 rings (SSSR count). The third kappa shape index (κ3) is 2.15. The molecule has 0 saturated heterocycles. The van der Waals surface area contributed by atoms with E-state index in [2.05, 4.69) is 18.0 Å². The van der Waals surface area contributed by atoms with E-state index in [4.69, 9.17) is 0 Å². The molecule has 1 aromatic heterocycles. The van der Waals surface area contributed by atoms with Crippen molar-refractivity contribution < 1.29 is 5.48 Å². The molecule has 0 fully saturated rings. The van der Waals surface area contributed by atoms with Crippen LogP contribution in [0.2, 0.25) is 0 Å². The second-order valence-electron chi connectivity index (χ2n) is 2.16. The van der Waals surface area contributed by atoms with Crippen LogP contribution in [0.5, 0.6) is 0 Å². The van der Waals surface area contributed by atoms with Crippen molar-refractivity contribution in [2.45, 2.75) is 20.3 Å². The minimum atomic E-state index is 0. The van der Waals surface area contributed by atoms with Crippen LogP contribution in [-0.4, -0.2) is 10.5 Å². The van der Waals surface area contributed by atoms with Crippen LogP contribution >= 0.6 is 0 Å². The molecule has 0 unspecified atom stereocenters. The average molecular weight is 139 g/mol. The van der Waals surface area contributed by atoms with E-state index in [0.29, 0.717) is 0 Å². The van der Waals surface area contributed by atoms with Gasteiger partial charge in [0.05, 0.1) is 0 Å². The minimum Gasteiger partial charge on any atom is -0.412 e. The molecule has 0 aliphatic carbocycles. The summed E-state index contributed by atoms with van der Waals surface area (Å²) >= 11 is 0. The van der Waals surface area contributed by atoms with E-state index >= 15 is 0 Å². The van der Waals surface area contributed by atoms with Crippen molar-refractivity contribution >= 4 is 0 Å². The van der Waals surface area contributed by atoms with Crippen LogP contribution in [0.15, 0.2) is 18.3 Å². The number of aryl methyl sites for hydroxylation is 2. The van der Waals surface area contributed by atoms with Gasteiger partial charge in [0, 0.05) is 11.9 Å². The molecule has 0 aliphatic rings. The molecule has 0 aromatic carbocycles. The standard InChI is InChI=1S/C8H11N.H2O/c1-3-8-5-4-7(2)9-6-8;/h4-6H,3H2,1-2H3;1H2. The van der Waals surface area contributed by atoms with Gasteiger partial charge in [0.25, 0.3) is 0 Å². The maximum absolute atomic E-state index is 4.15. The molecular weight excluding hydrogens is 126 g/mol. The zero-order valence-electron chi connectivity index (χ0n) is 6.39. The number of nitrogens with zero attached hydrogens (tertiary/aromatic N) is 1. The fourth-order valence-corrected chi connectivity index (χ4v) is 0.708. The Morgan fingerprint density at radius 1 is 1.40 bits per heavy atom. The van der Waals surface area contributed by atoms with E-state index in [1.807, 2.05) is 19.2 Å². The summed E-state index contributed by atoms with van der Waals surface area (Å²) in [6, 6.07) is 4.15. The Bertz CT molecular complexity index is 181.